The molecule has 8 unspecified atom stereocenters. The average Bonchev–Trinajstić information content (AvgIpc) is 3.09. The van der Waals surface area contributed by atoms with Gasteiger partial charge in [-0.2, -0.15) is 8.42 Å². The number of aliphatic hydroxyl groups is 5. The van der Waals surface area contributed by atoms with E-state index in [0.717, 1.165) is 44.9 Å². The highest BCUT2D eigenvalue weighted by Crippen LogP contribution is 2.26. The van der Waals surface area contributed by atoms with Crippen LogP contribution in [-0.4, -0.2) is 107 Å². The number of rotatable bonds is 30. The molecule has 1 amide bonds. The molecule has 0 radical (unpaired) electrons. The van der Waals surface area contributed by atoms with Crippen LogP contribution in [0.5, 0.6) is 0 Å². The fourth-order valence-electron chi connectivity index (χ4n) is 5.67. The molecule has 7 N–H and O–H groups in total. The molecule has 0 aromatic rings. The molecule has 14 heteroatoms. The molecule has 0 spiro atoms. The van der Waals surface area contributed by atoms with E-state index in [4.69, 9.17) is 14.0 Å². The molecule has 0 aromatic heterocycles. The van der Waals surface area contributed by atoms with Crippen molar-refractivity contribution in [2.24, 2.45) is 0 Å². The molecule has 0 bridgehead atoms. The smallest absolute Gasteiger partial charge is 0.394 e. The number of carbonyl (C=O) groups excluding carboxylic acids is 1. The van der Waals surface area contributed by atoms with E-state index >= 15 is 0 Å². The van der Waals surface area contributed by atoms with Crippen LogP contribution in [0.1, 0.15) is 129 Å². The van der Waals surface area contributed by atoms with Crippen LogP contribution in [0.15, 0.2) is 36.5 Å². The second kappa shape index (κ2) is 28.7. The summed E-state index contributed by atoms with van der Waals surface area (Å²) in [5.41, 5.74) is 0. The lowest BCUT2D eigenvalue weighted by atomic mass is 9.99. The Kier molecular flexibility index (Phi) is 26.7. The number of hydrogen-bond donors (Lipinski definition) is 7. The van der Waals surface area contributed by atoms with E-state index in [2.05, 4.69) is 47.7 Å². The summed E-state index contributed by atoms with van der Waals surface area (Å²) in [6, 6.07) is -1.14. The van der Waals surface area contributed by atoms with Gasteiger partial charge in [0.25, 0.3) is 0 Å². The monoisotopic (exact) mass is 749 g/mol. The van der Waals surface area contributed by atoms with Crippen LogP contribution in [0.25, 0.3) is 0 Å². The van der Waals surface area contributed by atoms with Crippen LogP contribution in [-0.2, 0) is 28.9 Å². The van der Waals surface area contributed by atoms with Gasteiger partial charge in [0.15, 0.2) is 6.29 Å². The lowest BCUT2D eigenvalue weighted by Crippen LogP contribution is -2.61. The maximum Gasteiger partial charge on any atom is 0.397 e. The van der Waals surface area contributed by atoms with Crippen LogP contribution in [0.3, 0.4) is 0 Å². The molecule has 51 heavy (non-hydrogen) atoms. The molecule has 1 aliphatic heterocycles. The zero-order valence-electron chi connectivity index (χ0n) is 30.8. The van der Waals surface area contributed by atoms with Gasteiger partial charge in [0.1, 0.15) is 30.5 Å². The molecule has 1 saturated heterocycles. The van der Waals surface area contributed by atoms with Gasteiger partial charge in [0.2, 0.25) is 5.91 Å². The first-order chi connectivity index (χ1) is 24.4. The number of amides is 1. The average molecular weight is 750 g/mol. The van der Waals surface area contributed by atoms with Crippen molar-refractivity contribution in [1.29, 1.82) is 0 Å². The number of nitrogens with one attached hydrogen (secondary N) is 1. The quantitative estimate of drug-likeness (QED) is 0.0306. The van der Waals surface area contributed by atoms with E-state index in [9.17, 15) is 38.7 Å². The van der Waals surface area contributed by atoms with Gasteiger partial charge < -0.3 is 40.3 Å². The van der Waals surface area contributed by atoms with E-state index in [1.54, 1.807) is 6.08 Å². The molecule has 1 rings (SSSR count). The third kappa shape index (κ3) is 22.2. The topological polar surface area (TPSA) is 212 Å². The van der Waals surface area contributed by atoms with Gasteiger partial charge in [-0.05, 0) is 44.9 Å². The Labute approximate surface area is 306 Å². The van der Waals surface area contributed by atoms with Gasteiger partial charge in [-0.25, -0.2) is 4.18 Å². The Hall–Kier alpha value is -1.72. The van der Waals surface area contributed by atoms with Crippen molar-refractivity contribution in [3.63, 3.8) is 0 Å². The molecule has 0 aromatic carbocycles. The van der Waals surface area contributed by atoms with E-state index < -0.39 is 78.5 Å². The van der Waals surface area contributed by atoms with Gasteiger partial charge in [0, 0.05) is 0 Å². The highest BCUT2D eigenvalue weighted by atomic mass is 32.3. The SMILES string of the molecule is CCCCC/C=C/CC/C=C/CC/C=C/C(O)C(COC1OC(CO)C(O)C(OS(=O)(=O)O)C1O)NC(=O)C(O)CCCCCCCCCCC. The summed E-state index contributed by atoms with van der Waals surface area (Å²) in [6.45, 7) is 3.08. The molecule has 1 heterocycles. The van der Waals surface area contributed by atoms with Crippen molar-refractivity contribution < 1.29 is 57.0 Å². The fourth-order valence-corrected chi connectivity index (χ4v) is 6.17. The molecule has 1 aliphatic rings. The van der Waals surface area contributed by atoms with Gasteiger partial charge in [-0.1, -0.05) is 121 Å². The highest BCUT2D eigenvalue weighted by Gasteiger charge is 2.48. The molecule has 1 fully saturated rings. The van der Waals surface area contributed by atoms with E-state index in [1.807, 2.05) is 0 Å². The molecular formula is C37H67NO12S. The summed E-state index contributed by atoms with van der Waals surface area (Å²) >= 11 is 0. The molecule has 298 valence electrons. The Balaban J connectivity index is 2.78. The van der Waals surface area contributed by atoms with Crippen molar-refractivity contribution in [3.8, 4) is 0 Å². The maximum absolute atomic E-state index is 13.0. The first kappa shape index (κ1) is 47.3. The zero-order valence-corrected chi connectivity index (χ0v) is 31.6. The van der Waals surface area contributed by atoms with Crippen LogP contribution in [0, 0.1) is 0 Å². The van der Waals surface area contributed by atoms with Crippen LogP contribution in [0.4, 0.5) is 0 Å². The lowest BCUT2D eigenvalue weighted by molar-refractivity contribution is -0.298. The maximum atomic E-state index is 13.0. The number of allylic oxidation sites excluding steroid dienone is 5. The summed E-state index contributed by atoms with van der Waals surface area (Å²) in [5.74, 6) is -0.723. The molecular weight excluding hydrogens is 682 g/mol. The molecule has 8 atom stereocenters. The fraction of sp³-hybridized carbons (Fsp3) is 0.811. The van der Waals surface area contributed by atoms with Crippen molar-refractivity contribution >= 4 is 16.3 Å². The second-order valence-electron chi connectivity index (χ2n) is 13.3. The molecule has 0 saturated carbocycles. The van der Waals surface area contributed by atoms with Gasteiger partial charge in [0.05, 0.1) is 25.4 Å². The second-order valence-corrected chi connectivity index (χ2v) is 14.3. The number of aliphatic hydroxyl groups excluding tert-OH is 5. The van der Waals surface area contributed by atoms with E-state index in [0.29, 0.717) is 12.8 Å². The van der Waals surface area contributed by atoms with E-state index in [1.165, 1.54) is 57.4 Å². The Morgan fingerprint density at radius 3 is 1.88 bits per heavy atom. The minimum absolute atomic E-state index is 0.233. The Bertz CT molecular complexity index is 1090. The summed E-state index contributed by atoms with van der Waals surface area (Å²) in [7, 11) is -5.12. The minimum Gasteiger partial charge on any atom is -0.394 e. The summed E-state index contributed by atoms with van der Waals surface area (Å²) < 4.78 is 47.2. The van der Waals surface area contributed by atoms with Gasteiger partial charge in [-0.15, -0.1) is 0 Å². The van der Waals surface area contributed by atoms with Crippen molar-refractivity contribution in [1.82, 2.24) is 5.32 Å². The number of ether oxygens (including phenoxy) is 2. The van der Waals surface area contributed by atoms with Gasteiger partial charge >= 0.3 is 10.4 Å². The number of hydrogen-bond acceptors (Lipinski definition) is 11. The zero-order chi connectivity index (χ0) is 37.9. The van der Waals surface area contributed by atoms with Crippen LogP contribution >= 0.6 is 0 Å². The lowest BCUT2D eigenvalue weighted by Gasteiger charge is -2.41. The highest BCUT2D eigenvalue weighted by molar-refractivity contribution is 7.80. The third-order valence-corrected chi connectivity index (χ3v) is 9.22. The number of carbonyl (C=O) groups is 1. The van der Waals surface area contributed by atoms with Crippen molar-refractivity contribution in [2.45, 2.75) is 178 Å². The van der Waals surface area contributed by atoms with Gasteiger partial charge in [-0.3, -0.25) is 9.35 Å². The third-order valence-electron chi connectivity index (χ3n) is 8.76. The van der Waals surface area contributed by atoms with Crippen molar-refractivity contribution in [3.05, 3.63) is 36.5 Å². The van der Waals surface area contributed by atoms with Crippen LogP contribution < -0.4 is 5.32 Å². The first-order valence-electron chi connectivity index (χ1n) is 19.0. The Morgan fingerprint density at radius 1 is 0.784 bits per heavy atom. The summed E-state index contributed by atoms with van der Waals surface area (Å²) in [6.07, 6.45) is 18.3. The number of unbranched alkanes of at least 4 members (excludes halogenated alkanes) is 13. The van der Waals surface area contributed by atoms with E-state index in [-0.39, 0.29) is 6.42 Å². The molecule has 0 aliphatic carbocycles. The summed E-state index contributed by atoms with van der Waals surface area (Å²) in [4.78, 5) is 13.0. The predicted molar refractivity (Wildman–Crippen MR) is 196 cm³/mol. The predicted octanol–water partition coefficient (Wildman–Crippen LogP) is 4.57. The van der Waals surface area contributed by atoms with Crippen molar-refractivity contribution in [2.75, 3.05) is 13.2 Å². The molecule has 13 nitrogen and oxygen atoms in total. The van der Waals surface area contributed by atoms with Crippen LogP contribution in [0.2, 0.25) is 0 Å². The normalized spacial score (nSPS) is 23.3. The standard InChI is InChI=1S/C37H67NO12S/c1-3-5-7-9-11-13-14-15-16-18-19-21-23-25-30(40)29(38-36(44)31(41)26-24-22-20-17-12-10-8-6-4-2)28-48-37-34(43)35(50-51(45,46)47)33(42)32(27-39)49-37/h11,13,16,18,23,25,29-35,37,39-43H,3-10,12,14-15,17,19-22,24,26-28H2,1-2H3,(H,38,44)(H,45,46,47)/b13-11+,18-16+,25-23+. The largest absolute Gasteiger partial charge is 0.397 e. The Morgan fingerprint density at radius 2 is 1.31 bits per heavy atom. The summed E-state index contributed by atoms with van der Waals surface area (Å²) in [5, 5.41) is 54.7. The first-order valence-corrected chi connectivity index (χ1v) is 20.3. The minimum atomic E-state index is -5.12.